The monoisotopic (exact) mass is 625 g/mol. The second-order valence-electron chi connectivity index (χ2n) is 9.70. The normalized spacial score (nSPS) is 14.6. The van der Waals surface area contributed by atoms with Crippen LogP contribution in [0.5, 0.6) is 0 Å². The molecule has 14 heteroatoms. The van der Waals surface area contributed by atoms with Gasteiger partial charge in [0.1, 0.15) is 0 Å². The van der Waals surface area contributed by atoms with Crippen LogP contribution in [0.3, 0.4) is 0 Å². The van der Waals surface area contributed by atoms with Crippen LogP contribution in [0.2, 0.25) is 0 Å². The maximum Gasteiger partial charge on any atom is 0.294 e. The molecule has 0 unspecified atom stereocenters. The average Bonchev–Trinajstić information content (AvgIpc) is 3.26. The van der Waals surface area contributed by atoms with Gasteiger partial charge in [-0.15, -0.1) is 5.10 Å². The molecule has 1 aliphatic heterocycles. The summed E-state index contributed by atoms with van der Waals surface area (Å²) in [6.07, 6.45) is 2.72. The fourth-order valence-electron chi connectivity index (χ4n) is 4.37. The van der Waals surface area contributed by atoms with E-state index in [0.29, 0.717) is 24.3 Å². The summed E-state index contributed by atoms with van der Waals surface area (Å²) in [5, 5.41) is 8.13. The van der Waals surface area contributed by atoms with Crippen molar-refractivity contribution in [2.24, 2.45) is 5.10 Å². The second kappa shape index (κ2) is 12.9. The molecule has 226 valence electrons. The molecule has 1 aliphatic rings. The largest absolute Gasteiger partial charge is 0.370 e. The van der Waals surface area contributed by atoms with Gasteiger partial charge in [0.15, 0.2) is 5.84 Å². The van der Waals surface area contributed by atoms with Crippen LogP contribution in [-0.4, -0.2) is 64.9 Å². The number of aryl methyl sites for hydroxylation is 1. The maximum atomic E-state index is 13.6. The Hall–Kier alpha value is -4.37. The lowest BCUT2D eigenvalue weighted by Gasteiger charge is -2.24. The van der Waals surface area contributed by atoms with Crippen molar-refractivity contribution < 1.29 is 31.0 Å². The molecule has 4 rings (SSSR count). The Labute approximate surface area is 250 Å². The number of nitrogens with one attached hydrogen (secondary N) is 2. The number of carbonyl (C=O) groups is 2. The number of amidine groups is 1. The zero-order chi connectivity index (χ0) is 31.4. The van der Waals surface area contributed by atoms with Crippen molar-refractivity contribution in [1.29, 1.82) is 0 Å². The predicted molar refractivity (Wildman–Crippen MR) is 165 cm³/mol. The van der Waals surface area contributed by atoms with Gasteiger partial charge in [-0.25, -0.2) is 13.1 Å². The molecule has 2 amide bonds. The van der Waals surface area contributed by atoms with Crippen molar-refractivity contribution in [1.82, 2.24) is 10.0 Å². The Bertz CT molecular complexity index is 1820. The first-order chi connectivity index (χ1) is 20.3. The second-order valence-corrected chi connectivity index (χ2v) is 13.0. The quantitative estimate of drug-likeness (QED) is 0.229. The smallest absolute Gasteiger partial charge is 0.294 e. The van der Waals surface area contributed by atoms with Crippen molar-refractivity contribution in [2.45, 2.75) is 18.7 Å². The molecule has 0 spiro atoms. The molecule has 0 radical (unpaired) electrons. The van der Waals surface area contributed by atoms with E-state index < -0.39 is 36.9 Å². The third-order valence-corrected chi connectivity index (χ3v) is 8.13. The minimum absolute atomic E-state index is 0.0402. The third kappa shape index (κ3) is 7.93. The standard InChI is InChI=1S/C29H31N5O7S2/c1-4-33(16-15-30-42(3,37)38)24-14-13-21(20(2)17-24)19-26-27(32-34(29(26)36)23-10-6-5-7-11-23)31-28(35)22-9-8-12-25(18-22)43(39,40)41/h5-14,17-19,30H,4,15-16H2,1-3H3,(H,31,32,35)(H,39,40,41)/b26-19-. The number of anilines is 2. The van der Waals surface area contributed by atoms with Crippen LogP contribution in [0.25, 0.3) is 6.08 Å². The van der Waals surface area contributed by atoms with Crippen molar-refractivity contribution in [2.75, 3.05) is 35.8 Å². The van der Waals surface area contributed by atoms with E-state index in [0.717, 1.165) is 34.6 Å². The Morgan fingerprint density at radius 1 is 1.02 bits per heavy atom. The molecule has 0 aromatic heterocycles. The maximum absolute atomic E-state index is 13.6. The van der Waals surface area contributed by atoms with Crippen molar-refractivity contribution in [3.63, 3.8) is 0 Å². The van der Waals surface area contributed by atoms with Crippen molar-refractivity contribution >= 4 is 55.2 Å². The summed E-state index contributed by atoms with van der Waals surface area (Å²) in [4.78, 5) is 28.3. The van der Waals surface area contributed by atoms with Gasteiger partial charge in [-0.2, -0.15) is 13.4 Å². The van der Waals surface area contributed by atoms with E-state index in [4.69, 9.17) is 0 Å². The van der Waals surface area contributed by atoms with E-state index >= 15 is 0 Å². The summed E-state index contributed by atoms with van der Waals surface area (Å²) < 4.78 is 57.9. The van der Waals surface area contributed by atoms with E-state index in [1.54, 1.807) is 36.4 Å². The van der Waals surface area contributed by atoms with Crippen LogP contribution < -0.4 is 19.9 Å². The van der Waals surface area contributed by atoms with Gasteiger partial charge in [-0.05, 0) is 73.5 Å². The van der Waals surface area contributed by atoms with E-state index in [-0.39, 0.29) is 23.5 Å². The number of benzene rings is 3. The number of para-hydroxylation sites is 1. The van der Waals surface area contributed by atoms with E-state index in [1.165, 1.54) is 12.1 Å². The lowest BCUT2D eigenvalue weighted by atomic mass is 10.0. The third-order valence-electron chi connectivity index (χ3n) is 6.55. The van der Waals surface area contributed by atoms with Crippen LogP contribution >= 0.6 is 0 Å². The summed E-state index contributed by atoms with van der Waals surface area (Å²) in [6, 6.07) is 19.1. The molecule has 0 bridgehead atoms. The molecule has 3 aromatic rings. The number of hydrogen-bond acceptors (Lipinski definition) is 8. The van der Waals surface area contributed by atoms with Crippen molar-refractivity contribution in [3.8, 4) is 0 Å². The van der Waals surface area contributed by atoms with E-state index in [9.17, 15) is 31.0 Å². The number of nitrogens with zero attached hydrogens (tertiary/aromatic N) is 3. The van der Waals surface area contributed by atoms with Crippen LogP contribution in [-0.2, 0) is 24.9 Å². The molecule has 12 nitrogen and oxygen atoms in total. The first-order valence-corrected chi connectivity index (χ1v) is 16.5. The highest BCUT2D eigenvalue weighted by Gasteiger charge is 2.33. The zero-order valence-electron chi connectivity index (χ0n) is 23.7. The molecule has 0 aliphatic carbocycles. The summed E-state index contributed by atoms with van der Waals surface area (Å²) in [5.74, 6) is -1.26. The summed E-state index contributed by atoms with van der Waals surface area (Å²) in [5.41, 5.74) is 2.88. The number of hydrazone groups is 1. The molecular formula is C29H31N5O7S2. The van der Waals surface area contributed by atoms with E-state index in [1.807, 2.05) is 36.9 Å². The Morgan fingerprint density at radius 3 is 2.37 bits per heavy atom. The number of likely N-dealkylation sites (N-methyl/N-ethyl adjacent to an activating group) is 1. The van der Waals surface area contributed by atoms with Crippen LogP contribution in [0.4, 0.5) is 11.4 Å². The van der Waals surface area contributed by atoms with Gasteiger partial charge in [0.25, 0.3) is 21.9 Å². The highest BCUT2D eigenvalue weighted by molar-refractivity contribution is 7.88. The topological polar surface area (TPSA) is 166 Å². The van der Waals surface area contributed by atoms with Gasteiger partial charge >= 0.3 is 0 Å². The first kappa shape index (κ1) is 31.6. The Kier molecular flexibility index (Phi) is 9.45. The molecule has 3 N–H and O–H groups in total. The van der Waals surface area contributed by atoms with Gasteiger partial charge in [0, 0.05) is 30.9 Å². The van der Waals surface area contributed by atoms with Crippen LogP contribution in [0.15, 0.2) is 88.4 Å². The Balaban J connectivity index is 1.66. The summed E-state index contributed by atoms with van der Waals surface area (Å²) in [6.45, 7) is 5.16. The molecule has 1 heterocycles. The fraction of sp³-hybridized carbons (Fsp3) is 0.207. The summed E-state index contributed by atoms with van der Waals surface area (Å²) >= 11 is 0. The number of rotatable bonds is 10. The molecule has 0 atom stereocenters. The number of amides is 2. The molecule has 0 saturated heterocycles. The highest BCUT2D eigenvalue weighted by Crippen LogP contribution is 2.27. The van der Waals surface area contributed by atoms with Gasteiger partial charge in [0.2, 0.25) is 10.0 Å². The lowest BCUT2D eigenvalue weighted by molar-refractivity contribution is -0.114. The zero-order valence-corrected chi connectivity index (χ0v) is 25.3. The molecule has 3 aromatic carbocycles. The van der Waals surface area contributed by atoms with Gasteiger partial charge in [-0.3, -0.25) is 14.1 Å². The van der Waals surface area contributed by atoms with Gasteiger partial charge in [0.05, 0.1) is 22.4 Å². The fourth-order valence-corrected chi connectivity index (χ4v) is 5.36. The predicted octanol–water partition coefficient (Wildman–Crippen LogP) is 2.79. The van der Waals surface area contributed by atoms with Crippen molar-refractivity contribution in [3.05, 3.63) is 95.1 Å². The number of carbonyl (C=O) groups excluding carboxylic acids is 2. The van der Waals surface area contributed by atoms with Crippen LogP contribution in [0.1, 0.15) is 28.4 Å². The summed E-state index contributed by atoms with van der Waals surface area (Å²) in [7, 11) is -7.85. The van der Waals surface area contributed by atoms with Crippen LogP contribution in [0, 0.1) is 6.92 Å². The number of hydrogen-bond donors (Lipinski definition) is 3. The SMILES string of the molecule is CCN(CCNS(C)(=O)=O)c1ccc(/C=C2\C(=O)N(c3ccccc3)N=C2NC(=O)c2cccc(S(=O)(=O)O)c2)c(C)c1. The minimum Gasteiger partial charge on any atom is -0.370 e. The average molecular weight is 626 g/mol. The van der Waals surface area contributed by atoms with E-state index in [2.05, 4.69) is 15.1 Å². The molecule has 43 heavy (non-hydrogen) atoms. The first-order valence-electron chi connectivity index (χ1n) is 13.2. The highest BCUT2D eigenvalue weighted by atomic mass is 32.2. The lowest BCUT2D eigenvalue weighted by Crippen LogP contribution is -2.34. The number of sulfonamides is 1. The molecule has 0 fully saturated rings. The molecule has 0 saturated carbocycles. The Morgan fingerprint density at radius 2 is 1.74 bits per heavy atom. The van der Waals surface area contributed by atoms with Gasteiger partial charge < -0.3 is 10.2 Å². The van der Waals surface area contributed by atoms with Gasteiger partial charge in [-0.1, -0.05) is 30.3 Å². The molecular weight excluding hydrogens is 594 g/mol. The minimum atomic E-state index is -4.54.